The van der Waals surface area contributed by atoms with Gasteiger partial charge in [-0.3, -0.25) is 9.78 Å². The number of carbonyl (C=O) groups is 1. The summed E-state index contributed by atoms with van der Waals surface area (Å²) in [4.78, 5) is 26.2. The molecule has 3 heterocycles. The van der Waals surface area contributed by atoms with Crippen LogP contribution in [-0.4, -0.2) is 48.5 Å². The van der Waals surface area contributed by atoms with Crippen molar-refractivity contribution in [1.29, 1.82) is 0 Å². The Balaban J connectivity index is 1.59. The van der Waals surface area contributed by atoms with Gasteiger partial charge in [0.2, 0.25) is 0 Å². The van der Waals surface area contributed by atoms with Crippen molar-refractivity contribution in [3.05, 3.63) is 58.4 Å². The second kappa shape index (κ2) is 6.74. The van der Waals surface area contributed by atoms with Crippen molar-refractivity contribution < 1.29 is 13.6 Å². The van der Waals surface area contributed by atoms with Gasteiger partial charge < -0.3 is 4.90 Å². The predicted molar refractivity (Wildman–Crippen MR) is 97.9 cm³/mol. The Morgan fingerprint density at radius 2 is 2.07 bits per heavy atom. The highest BCUT2D eigenvalue weighted by Gasteiger charge is 2.37. The summed E-state index contributed by atoms with van der Waals surface area (Å²) < 4.78 is 27.6. The number of alkyl halides is 2. The number of hydrogen-bond donors (Lipinski definition) is 0. The van der Waals surface area contributed by atoms with E-state index in [1.807, 2.05) is 13.8 Å². The molecule has 1 atom stereocenters. The summed E-state index contributed by atoms with van der Waals surface area (Å²) in [5.41, 5.74) is 3.47. The fraction of sp³-hybridized carbons (Fsp3) is 0.316. The van der Waals surface area contributed by atoms with Gasteiger partial charge in [0.05, 0.1) is 11.7 Å². The van der Waals surface area contributed by atoms with Crippen LogP contribution in [0.3, 0.4) is 0 Å². The standard InChI is InChI=1S/C19H18F2N6O/c1-10-4-15(22-8-11(10)2)18(28)26(3)16-6-12(16)5-13-7-14(17(20)21)25-19-23-9-24-27(13)19/h4-5,7-9,16-17H,6H2,1-3H3/b12-5-/t16-/m1/s1. The van der Waals surface area contributed by atoms with Crippen LogP contribution in [0.2, 0.25) is 0 Å². The van der Waals surface area contributed by atoms with E-state index in [0.717, 1.165) is 16.7 Å². The number of fused-ring (bicyclic) bond motifs is 1. The topological polar surface area (TPSA) is 76.3 Å². The van der Waals surface area contributed by atoms with Crippen LogP contribution in [0.25, 0.3) is 11.9 Å². The van der Waals surface area contributed by atoms with Crippen LogP contribution < -0.4 is 0 Å². The van der Waals surface area contributed by atoms with E-state index < -0.39 is 6.43 Å². The van der Waals surface area contributed by atoms with Crippen molar-refractivity contribution in [2.24, 2.45) is 0 Å². The summed E-state index contributed by atoms with van der Waals surface area (Å²) in [6.07, 6.45) is 2.68. The van der Waals surface area contributed by atoms with Crippen LogP contribution in [0.15, 0.2) is 30.2 Å². The zero-order valence-corrected chi connectivity index (χ0v) is 15.6. The number of likely N-dealkylation sites (N-methyl/N-ethyl adjacent to an activating group) is 1. The molecule has 0 aromatic carbocycles. The second-order valence-electron chi connectivity index (χ2n) is 6.89. The number of halogens is 2. The molecule has 0 radical (unpaired) electrons. The first-order chi connectivity index (χ1) is 13.3. The fourth-order valence-electron chi connectivity index (χ4n) is 3.03. The first-order valence-electron chi connectivity index (χ1n) is 8.75. The molecule has 144 valence electrons. The number of amides is 1. The van der Waals surface area contributed by atoms with Crippen molar-refractivity contribution >= 4 is 17.8 Å². The number of rotatable bonds is 4. The van der Waals surface area contributed by atoms with E-state index in [9.17, 15) is 13.6 Å². The van der Waals surface area contributed by atoms with Gasteiger partial charge in [-0.1, -0.05) is 0 Å². The molecule has 7 nitrogen and oxygen atoms in total. The summed E-state index contributed by atoms with van der Waals surface area (Å²) in [7, 11) is 1.72. The fourth-order valence-corrected chi connectivity index (χ4v) is 3.03. The Morgan fingerprint density at radius 3 is 2.79 bits per heavy atom. The minimum Gasteiger partial charge on any atom is -0.333 e. The van der Waals surface area contributed by atoms with Gasteiger partial charge in [0, 0.05) is 13.2 Å². The first-order valence-corrected chi connectivity index (χ1v) is 8.75. The van der Waals surface area contributed by atoms with Gasteiger partial charge in [-0.05, 0) is 55.2 Å². The van der Waals surface area contributed by atoms with Crippen molar-refractivity contribution in [1.82, 2.24) is 29.5 Å². The Labute approximate surface area is 159 Å². The highest BCUT2D eigenvalue weighted by Crippen LogP contribution is 2.36. The molecule has 3 aromatic rings. The Morgan fingerprint density at radius 1 is 1.29 bits per heavy atom. The van der Waals surface area contributed by atoms with Crippen LogP contribution in [-0.2, 0) is 0 Å². The Bertz CT molecular complexity index is 1110. The van der Waals surface area contributed by atoms with E-state index in [1.54, 1.807) is 30.3 Å². The maximum absolute atomic E-state index is 13.1. The molecule has 1 fully saturated rings. The average molecular weight is 384 g/mol. The minimum absolute atomic E-state index is 0.0994. The monoisotopic (exact) mass is 384 g/mol. The largest absolute Gasteiger partial charge is 0.333 e. The van der Waals surface area contributed by atoms with E-state index in [4.69, 9.17) is 0 Å². The second-order valence-corrected chi connectivity index (χ2v) is 6.89. The van der Waals surface area contributed by atoms with Gasteiger partial charge in [0.25, 0.3) is 18.1 Å². The quantitative estimate of drug-likeness (QED) is 0.691. The molecular weight excluding hydrogens is 366 g/mol. The molecule has 0 N–H and O–H groups in total. The van der Waals surface area contributed by atoms with Crippen LogP contribution in [0, 0.1) is 13.8 Å². The highest BCUT2D eigenvalue weighted by atomic mass is 19.3. The lowest BCUT2D eigenvalue weighted by Crippen LogP contribution is -2.29. The van der Waals surface area contributed by atoms with Gasteiger partial charge in [-0.25, -0.2) is 13.8 Å². The molecule has 0 saturated heterocycles. The van der Waals surface area contributed by atoms with Crippen LogP contribution in [0.1, 0.15) is 45.8 Å². The van der Waals surface area contributed by atoms with E-state index in [-0.39, 0.29) is 23.4 Å². The van der Waals surface area contributed by atoms with E-state index >= 15 is 0 Å². The molecular formula is C19H18F2N6O. The summed E-state index contributed by atoms with van der Waals surface area (Å²) in [5.74, 6) is -0.0592. The number of aromatic nitrogens is 5. The number of aryl methyl sites for hydroxylation is 2. The lowest BCUT2D eigenvalue weighted by molar-refractivity contribution is 0.0784. The molecule has 0 spiro atoms. The zero-order chi connectivity index (χ0) is 20.0. The first kappa shape index (κ1) is 18.1. The summed E-state index contributed by atoms with van der Waals surface area (Å²) in [6, 6.07) is 2.97. The molecule has 1 saturated carbocycles. The molecule has 1 aliphatic carbocycles. The number of pyridine rings is 1. The summed E-state index contributed by atoms with van der Waals surface area (Å²) >= 11 is 0. The average Bonchev–Trinajstić information content (AvgIpc) is 3.26. The van der Waals surface area contributed by atoms with Gasteiger partial charge in [-0.15, -0.1) is 0 Å². The van der Waals surface area contributed by atoms with Crippen molar-refractivity contribution in [2.45, 2.75) is 32.7 Å². The van der Waals surface area contributed by atoms with Crippen molar-refractivity contribution in [2.75, 3.05) is 7.05 Å². The van der Waals surface area contributed by atoms with E-state index in [2.05, 4.69) is 20.1 Å². The number of hydrogen-bond acceptors (Lipinski definition) is 5. The smallest absolute Gasteiger partial charge is 0.280 e. The highest BCUT2D eigenvalue weighted by molar-refractivity contribution is 5.93. The minimum atomic E-state index is -2.70. The third-order valence-electron chi connectivity index (χ3n) is 4.93. The van der Waals surface area contributed by atoms with E-state index in [1.165, 1.54) is 16.9 Å². The van der Waals surface area contributed by atoms with Crippen molar-refractivity contribution in [3.63, 3.8) is 0 Å². The Hall–Kier alpha value is -3.23. The summed E-state index contributed by atoms with van der Waals surface area (Å²) in [5, 5.41) is 4.03. The molecule has 0 unspecified atom stereocenters. The SMILES string of the molecule is Cc1cnc(C(=O)N(C)[C@@H]2C/C2=C/c2cc(C(F)F)nc3ncnn23)cc1C. The predicted octanol–water partition coefficient (Wildman–Crippen LogP) is 3.00. The van der Waals surface area contributed by atoms with Gasteiger partial charge in [0.1, 0.15) is 17.7 Å². The lowest BCUT2D eigenvalue weighted by atomic mass is 10.1. The molecule has 28 heavy (non-hydrogen) atoms. The van der Waals surface area contributed by atoms with Gasteiger partial charge >= 0.3 is 0 Å². The Kier molecular flexibility index (Phi) is 4.37. The lowest BCUT2D eigenvalue weighted by Gasteiger charge is -2.16. The molecule has 9 heteroatoms. The van der Waals surface area contributed by atoms with E-state index in [0.29, 0.717) is 17.8 Å². The number of nitrogens with zero attached hydrogens (tertiary/aromatic N) is 6. The maximum atomic E-state index is 13.1. The van der Waals surface area contributed by atoms with Crippen LogP contribution >= 0.6 is 0 Å². The normalized spacial score (nSPS) is 17.5. The molecule has 0 aliphatic heterocycles. The van der Waals surface area contributed by atoms with Crippen LogP contribution in [0.5, 0.6) is 0 Å². The van der Waals surface area contributed by atoms with Crippen molar-refractivity contribution in [3.8, 4) is 0 Å². The van der Waals surface area contributed by atoms with Gasteiger partial charge in [-0.2, -0.15) is 14.6 Å². The third kappa shape index (κ3) is 3.23. The molecule has 1 amide bonds. The zero-order valence-electron chi connectivity index (χ0n) is 15.6. The molecule has 4 rings (SSSR count). The van der Waals surface area contributed by atoms with Crippen LogP contribution in [0.4, 0.5) is 8.78 Å². The summed E-state index contributed by atoms with van der Waals surface area (Å²) in [6.45, 7) is 3.87. The maximum Gasteiger partial charge on any atom is 0.280 e. The third-order valence-corrected chi connectivity index (χ3v) is 4.93. The molecule has 0 bridgehead atoms. The molecule has 3 aromatic heterocycles. The van der Waals surface area contributed by atoms with Gasteiger partial charge in [0.15, 0.2) is 0 Å². The number of carbonyl (C=O) groups excluding carboxylic acids is 1. The molecule has 1 aliphatic rings.